The minimum atomic E-state index is -0.379. The summed E-state index contributed by atoms with van der Waals surface area (Å²) in [6.07, 6.45) is 0. The number of hydrogen-bond donors (Lipinski definition) is 2. The van der Waals surface area contributed by atoms with Crippen molar-refractivity contribution in [3.8, 4) is 0 Å². The molecule has 0 aliphatic carbocycles. The number of aryl methyl sites for hydroxylation is 1. The summed E-state index contributed by atoms with van der Waals surface area (Å²) in [5.41, 5.74) is 7.50. The van der Waals surface area contributed by atoms with Gasteiger partial charge in [0.1, 0.15) is 0 Å². The standard InChI is InChI=1S/C13H18N2O3/c1-8(2)12(16)15-14-11-6-5-10(7-9(11)3)13(17)18-4/h5-8,14H,1-4H3,(H,15,16). The van der Waals surface area contributed by atoms with Gasteiger partial charge in [0.2, 0.25) is 5.91 Å². The minimum Gasteiger partial charge on any atom is -0.465 e. The number of carbonyl (C=O) groups is 2. The molecule has 0 aromatic heterocycles. The van der Waals surface area contributed by atoms with Crippen LogP contribution in [0.5, 0.6) is 0 Å². The number of methoxy groups -OCH3 is 1. The number of amides is 1. The van der Waals surface area contributed by atoms with Gasteiger partial charge in [0, 0.05) is 5.92 Å². The number of benzene rings is 1. The fourth-order valence-electron chi connectivity index (χ4n) is 1.32. The maximum atomic E-state index is 11.4. The molecule has 0 saturated heterocycles. The number of anilines is 1. The van der Waals surface area contributed by atoms with Gasteiger partial charge in [-0.2, -0.15) is 0 Å². The predicted octanol–water partition coefficient (Wildman–Crippen LogP) is 1.88. The number of ether oxygens (including phenoxy) is 1. The normalized spacial score (nSPS) is 10.1. The molecule has 18 heavy (non-hydrogen) atoms. The van der Waals surface area contributed by atoms with Crippen LogP contribution in [0.3, 0.4) is 0 Å². The van der Waals surface area contributed by atoms with Crippen LogP contribution in [-0.2, 0) is 9.53 Å². The van der Waals surface area contributed by atoms with Crippen molar-refractivity contribution in [1.82, 2.24) is 5.43 Å². The zero-order valence-electron chi connectivity index (χ0n) is 11.0. The van der Waals surface area contributed by atoms with Gasteiger partial charge < -0.3 is 4.74 Å². The molecule has 2 N–H and O–H groups in total. The first kappa shape index (κ1) is 14.0. The zero-order valence-corrected chi connectivity index (χ0v) is 11.0. The Bertz CT molecular complexity index is 456. The topological polar surface area (TPSA) is 67.4 Å². The molecular weight excluding hydrogens is 232 g/mol. The number of hydrogen-bond acceptors (Lipinski definition) is 4. The quantitative estimate of drug-likeness (QED) is 0.632. The summed E-state index contributed by atoms with van der Waals surface area (Å²) in [6.45, 7) is 5.46. The van der Waals surface area contributed by atoms with Gasteiger partial charge >= 0.3 is 5.97 Å². The average molecular weight is 250 g/mol. The van der Waals surface area contributed by atoms with Crippen molar-refractivity contribution in [2.24, 2.45) is 5.92 Å². The van der Waals surface area contributed by atoms with Gasteiger partial charge in [-0.05, 0) is 30.7 Å². The molecule has 0 aliphatic heterocycles. The van der Waals surface area contributed by atoms with Crippen LogP contribution in [0, 0.1) is 12.8 Å². The van der Waals surface area contributed by atoms with Crippen LogP contribution < -0.4 is 10.9 Å². The van der Waals surface area contributed by atoms with Gasteiger partial charge in [-0.3, -0.25) is 15.6 Å². The molecule has 0 saturated carbocycles. The van der Waals surface area contributed by atoms with Crippen molar-refractivity contribution in [3.05, 3.63) is 29.3 Å². The Morgan fingerprint density at radius 2 is 1.94 bits per heavy atom. The van der Waals surface area contributed by atoms with E-state index in [0.717, 1.165) is 11.3 Å². The van der Waals surface area contributed by atoms with E-state index >= 15 is 0 Å². The third-order valence-corrected chi connectivity index (χ3v) is 2.49. The van der Waals surface area contributed by atoms with Crippen LogP contribution in [-0.4, -0.2) is 19.0 Å². The molecule has 5 heteroatoms. The highest BCUT2D eigenvalue weighted by Gasteiger charge is 2.09. The Hall–Kier alpha value is -2.04. The van der Waals surface area contributed by atoms with Crippen molar-refractivity contribution in [1.29, 1.82) is 0 Å². The lowest BCUT2D eigenvalue weighted by Gasteiger charge is -2.13. The molecule has 0 spiro atoms. The fourth-order valence-corrected chi connectivity index (χ4v) is 1.32. The summed E-state index contributed by atoms with van der Waals surface area (Å²) < 4.78 is 4.63. The van der Waals surface area contributed by atoms with Gasteiger partial charge in [-0.15, -0.1) is 0 Å². The molecule has 0 radical (unpaired) electrons. The van der Waals surface area contributed by atoms with Gasteiger partial charge in [0.15, 0.2) is 0 Å². The minimum absolute atomic E-state index is 0.0906. The lowest BCUT2D eigenvalue weighted by atomic mass is 10.1. The van der Waals surface area contributed by atoms with Crippen LogP contribution in [0.4, 0.5) is 5.69 Å². The van der Waals surface area contributed by atoms with E-state index in [2.05, 4.69) is 15.6 Å². The van der Waals surface area contributed by atoms with Gasteiger partial charge in [0.25, 0.3) is 0 Å². The van der Waals surface area contributed by atoms with Gasteiger partial charge in [-0.25, -0.2) is 4.79 Å². The molecule has 98 valence electrons. The van der Waals surface area contributed by atoms with Crippen molar-refractivity contribution < 1.29 is 14.3 Å². The Kier molecular flexibility index (Phi) is 4.71. The third kappa shape index (κ3) is 3.48. The SMILES string of the molecule is COC(=O)c1ccc(NNC(=O)C(C)C)c(C)c1. The van der Waals surface area contributed by atoms with E-state index in [1.165, 1.54) is 7.11 Å². The van der Waals surface area contributed by atoms with E-state index < -0.39 is 0 Å². The summed E-state index contributed by atoms with van der Waals surface area (Å²) >= 11 is 0. The summed E-state index contributed by atoms with van der Waals surface area (Å²) in [5.74, 6) is -0.561. The molecule has 1 rings (SSSR count). The molecule has 0 bridgehead atoms. The van der Waals surface area contributed by atoms with Crippen molar-refractivity contribution in [2.75, 3.05) is 12.5 Å². The first-order valence-electron chi connectivity index (χ1n) is 5.70. The highest BCUT2D eigenvalue weighted by Crippen LogP contribution is 2.16. The van der Waals surface area contributed by atoms with E-state index in [1.807, 2.05) is 20.8 Å². The lowest BCUT2D eigenvalue weighted by molar-refractivity contribution is -0.123. The van der Waals surface area contributed by atoms with E-state index in [1.54, 1.807) is 18.2 Å². The number of esters is 1. The lowest BCUT2D eigenvalue weighted by Crippen LogP contribution is -2.33. The predicted molar refractivity (Wildman–Crippen MR) is 69.1 cm³/mol. The second-order valence-corrected chi connectivity index (χ2v) is 4.29. The second-order valence-electron chi connectivity index (χ2n) is 4.29. The fraction of sp³-hybridized carbons (Fsp3) is 0.385. The number of nitrogens with one attached hydrogen (secondary N) is 2. The summed E-state index contributed by atoms with van der Waals surface area (Å²) in [5, 5.41) is 0. The molecular formula is C13H18N2O3. The molecule has 1 aromatic carbocycles. The molecule has 5 nitrogen and oxygen atoms in total. The van der Waals surface area contributed by atoms with Gasteiger partial charge in [-0.1, -0.05) is 13.8 Å². The third-order valence-electron chi connectivity index (χ3n) is 2.49. The van der Waals surface area contributed by atoms with Crippen LogP contribution in [0.25, 0.3) is 0 Å². The number of hydrazine groups is 1. The molecule has 0 fully saturated rings. The maximum absolute atomic E-state index is 11.4. The first-order chi connectivity index (χ1) is 8.45. The molecule has 1 aromatic rings. The van der Waals surface area contributed by atoms with Crippen LogP contribution in [0.15, 0.2) is 18.2 Å². The Morgan fingerprint density at radius 1 is 1.28 bits per heavy atom. The highest BCUT2D eigenvalue weighted by atomic mass is 16.5. The monoisotopic (exact) mass is 250 g/mol. The Labute approximate surface area is 106 Å². The number of carbonyl (C=O) groups excluding carboxylic acids is 2. The Morgan fingerprint density at radius 3 is 2.44 bits per heavy atom. The molecule has 0 aliphatic rings. The molecule has 0 unspecified atom stereocenters. The van der Waals surface area contributed by atoms with E-state index in [0.29, 0.717) is 5.56 Å². The zero-order chi connectivity index (χ0) is 13.7. The van der Waals surface area contributed by atoms with Crippen LogP contribution in [0.1, 0.15) is 29.8 Å². The Balaban J connectivity index is 2.74. The molecule has 0 atom stereocenters. The van der Waals surface area contributed by atoms with Crippen molar-refractivity contribution >= 4 is 17.6 Å². The van der Waals surface area contributed by atoms with Crippen molar-refractivity contribution in [3.63, 3.8) is 0 Å². The average Bonchev–Trinajstić information content (AvgIpc) is 2.35. The van der Waals surface area contributed by atoms with Gasteiger partial charge in [0.05, 0.1) is 18.4 Å². The van der Waals surface area contributed by atoms with E-state index in [-0.39, 0.29) is 17.8 Å². The summed E-state index contributed by atoms with van der Waals surface area (Å²) in [7, 11) is 1.34. The van der Waals surface area contributed by atoms with Crippen molar-refractivity contribution in [2.45, 2.75) is 20.8 Å². The highest BCUT2D eigenvalue weighted by molar-refractivity contribution is 5.90. The summed E-state index contributed by atoms with van der Waals surface area (Å²) in [4.78, 5) is 22.7. The first-order valence-corrected chi connectivity index (χ1v) is 5.70. The largest absolute Gasteiger partial charge is 0.465 e. The maximum Gasteiger partial charge on any atom is 0.337 e. The number of rotatable bonds is 4. The van der Waals surface area contributed by atoms with E-state index in [4.69, 9.17) is 0 Å². The van der Waals surface area contributed by atoms with Crippen LogP contribution in [0.2, 0.25) is 0 Å². The van der Waals surface area contributed by atoms with Crippen LogP contribution >= 0.6 is 0 Å². The summed E-state index contributed by atoms with van der Waals surface area (Å²) in [6, 6.07) is 5.07. The molecule has 0 heterocycles. The van der Waals surface area contributed by atoms with E-state index in [9.17, 15) is 9.59 Å². The smallest absolute Gasteiger partial charge is 0.337 e. The second kappa shape index (κ2) is 6.05. The molecule has 1 amide bonds.